The van der Waals surface area contributed by atoms with E-state index in [4.69, 9.17) is 4.74 Å². The van der Waals surface area contributed by atoms with E-state index in [2.05, 4.69) is 21.2 Å². The van der Waals surface area contributed by atoms with Crippen LogP contribution in [0.15, 0.2) is 53.0 Å². The number of halogens is 1. The van der Waals surface area contributed by atoms with Crippen LogP contribution in [-0.4, -0.2) is 19.6 Å². The summed E-state index contributed by atoms with van der Waals surface area (Å²) in [4.78, 5) is 11.9. The van der Waals surface area contributed by atoms with Crippen LogP contribution in [0.25, 0.3) is 0 Å². The fourth-order valence-corrected chi connectivity index (χ4v) is 2.52. The van der Waals surface area contributed by atoms with Crippen LogP contribution in [0.5, 0.6) is 5.75 Å². The standard InChI is InChI=1S/C17H18BrNO2/c1-21-16-7-3-4-13(11-16)8-9-19-17(20)12-14-5-2-6-15(18)10-14/h2-7,10-11H,8-9,12H2,1H3,(H,19,20). The Labute approximate surface area is 133 Å². The van der Waals surface area contributed by atoms with Gasteiger partial charge in [-0.25, -0.2) is 0 Å². The Morgan fingerprint density at radius 2 is 1.90 bits per heavy atom. The summed E-state index contributed by atoms with van der Waals surface area (Å²) in [5, 5.41) is 2.94. The van der Waals surface area contributed by atoms with Gasteiger partial charge in [0.25, 0.3) is 0 Å². The van der Waals surface area contributed by atoms with Crippen LogP contribution in [0.4, 0.5) is 0 Å². The summed E-state index contributed by atoms with van der Waals surface area (Å²) in [6, 6.07) is 15.7. The summed E-state index contributed by atoms with van der Waals surface area (Å²) >= 11 is 3.41. The van der Waals surface area contributed by atoms with Gasteiger partial charge in [0.1, 0.15) is 5.75 Å². The zero-order valence-electron chi connectivity index (χ0n) is 11.9. The number of rotatable bonds is 6. The molecule has 0 aromatic heterocycles. The minimum absolute atomic E-state index is 0.0380. The highest BCUT2D eigenvalue weighted by Gasteiger charge is 2.03. The van der Waals surface area contributed by atoms with E-state index < -0.39 is 0 Å². The van der Waals surface area contributed by atoms with Crippen molar-refractivity contribution in [2.45, 2.75) is 12.8 Å². The SMILES string of the molecule is COc1cccc(CCNC(=O)Cc2cccc(Br)c2)c1. The Morgan fingerprint density at radius 1 is 1.14 bits per heavy atom. The lowest BCUT2D eigenvalue weighted by atomic mass is 10.1. The van der Waals surface area contributed by atoms with Crippen molar-refractivity contribution in [3.63, 3.8) is 0 Å². The van der Waals surface area contributed by atoms with Gasteiger partial charge in [0.2, 0.25) is 5.91 Å². The first-order valence-corrected chi connectivity index (χ1v) is 7.61. The third-order valence-corrected chi connectivity index (χ3v) is 3.62. The lowest BCUT2D eigenvalue weighted by Gasteiger charge is -2.07. The van der Waals surface area contributed by atoms with Gasteiger partial charge in [-0.3, -0.25) is 4.79 Å². The van der Waals surface area contributed by atoms with E-state index in [9.17, 15) is 4.79 Å². The van der Waals surface area contributed by atoms with E-state index in [1.165, 1.54) is 0 Å². The molecule has 0 aliphatic carbocycles. The van der Waals surface area contributed by atoms with E-state index in [0.29, 0.717) is 13.0 Å². The molecule has 3 nitrogen and oxygen atoms in total. The van der Waals surface area contributed by atoms with E-state index in [-0.39, 0.29) is 5.91 Å². The quantitative estimate of drug-likeness (QED) is 0.869. The van der Waals surface area contributed by atoms with Crippen LogP contribution >= 0.6 is 15.9 Å². The minimum Gasteiger partial charge on any atom is -0.497 e. The van der Waals surface area contributed by atoms with Crippen molar-refractivity contribution in [2.75, 3.05) is 13.7 Å². The first-order valence-electron chi connectivity index (χ1n) is 6.81. The molecule has 0 heterocycles. The number of benzene rings is 2. The van der Waals surface area contributed by atoms with Gasteiger partial charge in [0, 0.05) is 11.0 Å². The summed E-state index contributed by atoms with van der Waals surface area (Å²) in [6.45, 7) is 0.625. The van der Waals surface area contributed by atoms with Crippen molar-refractivity contribution in [2.24, 2.45) is 0 Å². The van der Waals surface area contributed by atoms with Crippen LogP contribution in [0.3, 0.4) is 0 Å². The van der Waals surface area contributed by atoms with Gasteiger partial charge in [-0.1, -0.05) is 40.2 Å². The summed E-state index contributed by atoms with van der Waals surface area (Å²) in [5.74, 6) is 0.879. The number of carbonyl (C=O) groups excluding carboxylic acids is 1. The normalized spacial score (nSPS) is 10.2. The molecule has 0 radical (unpaired) electrons. The Hall–Kier alpha value is -1.81. The van der Waals surface area contributed by atoms with Crippen molar-refractivity contribution in [3.8, 4) is 5.75 Å². The molecule has 2 aromatic carbocycles. The molecule has 0 unspecified atom stereocenters. The van der Waals surface area contributed by atoms with Crippen molar-refractivity contribution in [1.82, 2.24) is 5.32 Å². The zero-order valence-corrected chi connectivity index (χ0v) is 13.5. The molecule has 0 bridgehead atoms. The summed E-state index contributed by atoms with van der Waals surface area (Å²) < 4.78 is 6.17. The molecule has 4 heteroatoms. The molecule has 0 saturated carbocycles. The molecule has 21 heavy (non-hydrogen) atoms. The molecular formula is C17H18BrNO2. The lowest BCUT2D eigenvalue weighted by molar-refractivity contribution is -0.120. The molecule has 0 aliphatic heterocycles. The number of ether oxygens (including phenoxy) is 1. The third kappa shape index (κ3) is 5.23. The summed E-state index contributed by atoms with van der Waals surface area (Å²) in [6.07, 6.45) is 1.19. The number of amides is 1. The Bertz CT molecular complexity index is 613. The fourth-order valence-electron chi connectivity index (χ4n) is 2.07. The zero-order chi connectivity index (χ0) is 15.1. The topological polar surface area (TPSA) is 38.3 Å². The van der Waals surface area contributed by atoms with E-state index in [1.807, 2.05) is 48.5 Å². The second kappa shape index (κ2) is 7.84. The average Bonchev–Trinajstić information content (AvgIpc) is 2.47. The molecule has 0 saturated heterocycles. The highest BCUT2D eigenvalue weighted by Crippen LogP contribution is 2.13. The minimum atomic E-state index is 0.0380. The number of methoxy groups -OCH3 is 1. The first kappa shape index (κ1) is 15.6. The molecule has 2 rings (SSSR count). The predicted octanol–water partition coefficient (Wildman–Crippen LogP) is 3.36. The van der Waals surface area contributed by atoms with Gasteiger partial charge in [0.15, 0.2) is 0 Å². The second-order valence-electron chi connectivity index (χ2n) is 4.76. The van der Waals surface area contributed by atoms with Gasteiger partial charge >= 0.3 is 0 Å². The molecule has 0 atom stereocenters. The van der Waals surface area contributed by atoms with Gasteiger partial charge in [-0.2, -0.15) is 0 Å². The molecule has 0 spiro atoms. The molecule has 2 aromatic rings. The van der Waals surface area contributed by atoms with Crippen molar-refractivity contribution < 1.29 is 9.53 Å². The maximum Gasteiger partial charge on any atom is 0.224 e. The van der Waals surface area contributed by atoms with Gasteiger partial charge < -0.3 is 10.1 Å². The van der Waals surface area contributed by atoms with Crippen molar-refractivity contribution in [3.05, 3.63) is 64.1 Å². The maximum absolute atomic E-state index is 11.9. The Balaban J connectivity index is 1.79. The first-order chi connectivity index (χ1) is 10.2. The third-order valence-electron chi connectivity index (χ3n) is 3.12. The molecule has 1 N–H and O–H groups in total. The van der Waals surface area contributed by atoms with E-state index >= 15 is 0 Å². The van der Waals surface area contributed by atoms with E-state index in [0.717, 1.165) is 27.8 Å². The largest absolute Gasteiger partial charge is 0.497 e. The van der Waals surface area contributed by atoms with Crippen LogP contribution in [0.2, 0.25) is 0 Å². The summed E-state index contributed by atoms with van der Waals surface area (Å²) in [7, 11) is 1.65. The Kier molecular flexibility index (Phi) is 5.81. The highest BCUT2D eigenvalue weighted by atomic mass is 79.9. The predicted molar refractivity (Wildman–Crippen MR) is 87.6 cm³/mol. The average molecular weight is 348 g/mol. The van der Waals surface area contributed by atoms with Crippen molar-refractivity contribution in [1.29, 1.82) is 0 Å². The smallest absolute Gasteiger partial charge is 0.224 e. The Morgan fingerprint density at radius 3 is 2.67 bits per heavy atom. The van der Waals surface area contributed by atoms with Crippen LogP contribution < -0.4 is 10.1 Å². The monoisotopic (exact) mass is 347 g/mol. The van der Waals surface area contributed by atoms with Crippen molar-refractivity contribution >= 4 is 21.8 Å². The van der Waals surface area contributed by atoms with E-state index in [1.54, 1.807) is 7.11 Å². The molecular weight excluding hydrogens is 330 g/mol. The highest BCUT2D eigenvalue weighted by molar-refractivity contribution is 9.10. The van der Waals surface area contributed by atoms with Crippen LogP contribution in [0, 0.1) is 0 Å². The molecule has 0 aliphatic rings. The maximum atomic E-state index is 11.9. The molecule has 0 fully saturated rings. The number of carbonyl (C=O) groups is 1. The van der Waals surface area contributed by atoms with Gasteiger partial charge in [-0.05, 0) is 41.8 Å². The number of hydrogen-bond acceptors (Lipinski definition) is 2. The fraction of sp³-hybridized carbons (Fsp3) is 0.235. The van der Waals surface area contributed by atoms with Gasteiger partial charge in [0.05, 0.1) is 13.5 Å². The van der Waals surface area contributed by atoms with Crippen LogP contribution in [-0.2, 0) is 17.6 Å². The summed E-state index contributed by atoms with van der Waals surface area (Å²) in [5.41, 5.74) is 2.15. The lowest BCUT2D eigenvalue weighted by Crippen LogP contribution is -2.27. The molecule has 1 amide bonds. The number of hydrogen-bond donors (Lipinski definition) is 1. The van der Waals surface area contributed by atoms with Crippen LogP contribution in [0.1, 0.15) is 11.1 Å². The van der Waals surface area contributed by atoms with Gasteiger partial charge in [-0.15, -0.1) is 0 Å². The number of nitrogens with one attached hydrogen (secondary N) is 1. The molecule has 110 valence electrons. The second-order valence-corrected chi connectivity index (χ2v) is 5.67.